The van der Waals surface area contributed by atoms with Crippen LogP contribution in [0.25, 0.3) is 0 Å². The Morgan fingerprint density at radius 3 is 2.00 bits per heavy atom. The molecular formula is C22H27IN2O3. The number of rotatable bonds is 3. The van der Waals surface area contributed by atoms with Gasteiger partial charge in [-0.1, -0.05) is 41.5 Å². The predicted octanol–water partition coefficient (Wildman–Crippen LogP) is 5.06. The van der Waals surface area contributed by atoms with Crippen molar-refractivity contribution in [3.63, 3.8) is 0 Å². The minimum atomic E-state index is -0.409. The second-order valence-electron chi connectivity index (χ2n) is 8.83. The van der Waals surface area contributed by atoms with Crippen molar-refractivity contribution < 1.29 is 15.0 Å². The fourth-order valence-electron chi connectivity index (χ4n) is 2.76. The molecule has 28 heavy (non-hydrogen) atoms. The van der Waals surface area contributed by atoms with E-state index < -0.39 is 5.91 Å². The van der Waals surface area contributed by atoms with E-state index in [1.807, 2.05) is 76.3 Å². The lowest BCUT2D eigenvalue weighted by molar-refractivity contribution is 0.0954. The van der Waals surface area contributed by atoms with Gasteiger partial charge in [-0.25, -0.2) is 5.43 Å². The summed E-state index contributed by atoms with van der Waals surface area (Å²) in [5, 5.41) is 24.6. The average Bonchev–Trinajstić information content (AvgIpc) is 2.56. The van der Waals surface area contributed by atoms with Gasteiger partial charge in [0.1, 0.15) is 11.5 Å². The van der Waals surface area contributed by atoms with Crippen LogP contribution in [0.4, 0.5) is 0 Å². The molecule has 0 bridgehead atoms. The largest absolute Gasteiger partial charge is 0.507 e. The van der Waals surface area contributed by atoms with Crippen LogP contribution in [-0.4, -0.2) is 22.3 Å². The van der Waals surface area contributed by atoms with Gasteiger partial charge >= 0.3 is 0 Å². The fraction of sp³-hybridized carbons (Fsp3) is 0.364. The molecular weight excluding hydrogens is 467 g/mol. The topological polar surface area (TPSA) is 81.9 Å². The van der Waals surface area contributed by atoms with Crippen LogP contribution in [0.3, 0.4) is 0 Å². The van der Waals surface area contributed by atoms with Gasteiger partial charge in [-0.15, -0.1) is 0 Å². The summed E-state index contributed by atoms with van der Waals surface area (Å²) >= 11 is 1.99. The highest BCUT2D eigenvalue weighted by molar-refractivity contribution is 14.1. The van der Waals surface area contributed by atoms with Crippen molar-refractivity contribution in [3.05, 3.63) is 56.2 Å². The Kier molecular flexibility index (Phi) is 6.43. The third kappa shape index (κ3) is 5.25. The van der Waals surface area contributed by atoms with Gasteiger partial charge in [0, 0.05) is 16.7 Å². The molecule has 6 heteroatoms. The Hall–Kier alpha value is -2.09. The van der Waals surface area contributed by atoms with E-state index in [-0.39, 0.29) is 16.6 Å². The molecule has 0 fully saturated rings. The molecule has 5 nitrogen and oxygen atoms in total. The molecule has 0 heterocycles. The van der Waals surface area contributed by atoms with Gasteiger partial charge < -0.3 is 10.2 Å². The second-order valence-corrected chi connectivity index (χ2v) is 9.99. The summed E-state index contributed by atoms with van der Waals surface area (Å²) in [6.07, 6.45) is 1.56. The minimum Gasteiger partial charge on any atom is -0.507 e. The van der Waals surface area contributed by atoms with Crippen LogP contribution in [0.15, 0.2) is 35.4 Å². The summed E-state index contributed by atoms with van der Waals surface area (Å²) in [6, 6.07) is 8.47. The highest BCUT2D eigenvalue weighted by Gasteiger charge is 2.26. The summed E-state index contributed by atoms with van der Waals surface area (Å²) in [6.45, 7) is 12.3. The van der Waals surface area contributed by atoms with Crippen molar-refractivity contribution in [3.8, 4) is 11.5 Å². The van der Waals surface area contributed by atoms with E-state index in [2.05, 4.69) is 10.5 Å². The van der Waals surface area contributed by atoms with Gasteiger partial charge in [0.15, 0.2) is 0 Å². The van der Waals surface area contributed by atoms with Crippen molar-refractivity contribution in [2.24, 2.45) is 5.10 Å². The highest BCUT2D eigenvalue weighted by Crippen LogP contribution is 2.39. The van der Waals surface area contributed by atoms with Gasteiger partial charge in [0.25, 0.3) is 5.91 Å². The lowest BCUT2D eigenvalue weighted by Crippen LogP contribution is -2.19. The van der Waals surface area contributed by atoms with Crippen molar-refractivity contribution >= 4 is 34.7 Å². The quantitative estimate of drug-likeness (QED) is 0.317. The molecule has 0 aliphatic heterocycles. The first-order valence-corrected chi connectivity index (χ1v) is 10.1. The monoisotopic (exact) mass is 494 g/mol. The number of carbonyl (C=O) groups is 1. The van der Waals surface area contributed by atoms with Gasteiger partial charge in [-0.3, -0.25) is 4.79 Å². The number of nitrogens with zero attached hydrogens (tertiary/aromatic N) is 1. The molecule has 1 amide bonds. The molecule has 0 aromatic heterocycles. The number of phenols is 2. The summed E-state index contributed by atoms with van der Waals surface area (Å²) in [7, 11) is 0. The number of carbonyl (C=O) groups excluding carboxylic acids is 1. The first kappa shape index (κ1) is 22.2. The summed E-state index contributed by atoms with van der Waals surface area (Å²) in [5.41, 5.74) is 4.77. The van der Waals surface area contributed by atoms with Crippen LogP contribution in [0.2, 0.25) is 0 Å². The van der Waals surface area contributed by atoms with Crippen molar-refractivity contribution in [2.45, 2.75) is 52.4 Å². The average molecular weight is 494 g/mol. The van der Waals surface area contributed by atoms with Crippen LogP contribution in [0.1, 0.15) is 68.6 Å². The predicted molar refractivity (Wildman–Crippen MR) is 121 cm³/mol. The Morgan fingerprint density at radius 1 is 1.00 bits per heavy atom. The number of phenolic OH excluding ortho intramolecular Hbond substituents is 2. The maximum absolute atomic E-state index is 12.2. The SMILES string of the molecule is CC(C)(C)c1cc(C=NNC(=O)c2ccc(I)c(O)c2)cc(C(C)(C)C)c1O. The zero-order valence-electron chi connectivity index (χ0n) is 17.1. The normalized spacial score (nSPS) is 12.4. The molecule has 0 aliphatic rings. The number of benzene rings is 2. The van der Waals surface area contributed by atoms with Crippen molar-refractivity contribution in [1.82, 2.24) is 5.43 Å². The molecule has 0 saturated heterocycles. The first-order valence-electron chi connectivity index (χ1n) is 9.00. The molecule has 2 aromatic carbocycles. The van der Waals surface area contributed by atoms with Crippen LogP contribution in [0.5, 0.6) is 11.5 Å². The fourth-order valence-corrected chi connectivity index (χ4v) is 3.09. The number of aromatic hydroxyl groups is 2. The molecule has 0 unspecified atom stereocenters. The Labute approximate surface area is 180 Å². The highest BCUT2D eigenvalue weighted by atomic mass is 127. The number of hydrazone groups is 1. The van der Waals surface area contributed by atoms with E-state index in [1.165, 1.54) is 6.07 Å². The van der Waals surface area contributed by atoms with Crippen LogP contribution < -0.4 is 5.43 Å². The maximum Gasteiger partial charge on any atom is 0.271 e. The lowest BCUT2D eigenvalue weighted by Gasteiger charge is -2.27. The molecule has 2 rings (SSSR count). The maximum atomic E-state index is 12.2. The van der Waals surface area contributed by atoms with E-state index in [4.69, 9.17) is 0 Å². The summed E-state index contributed by atoms with van der Waals surface area (Å²) in [4.78, 5) is 12.2. The van der Waals surface area contributed by atoms with Gasteiger partial charge in [0.05, 0.1) is 9.78 Å². The van der Waals surface area contributed by atoms with Crippen molar-refractivity contribution in [1.29, 1.82) is 0 Å². The smallest absolute Gasteiger partial charge is 0.271 e. The number of hydrogen-bond donors (Lipinski definition) is 3. The number of hydrogen-bond acceptors (Lipinski definition) is 4. The summed E-state index contributed by atoms with van der Waals surface area (Å²) in [5.74, 6) is -0.0511. The van der Waals surface area contributed by atoms with Crippen LogP contribution >= 0.6 is 22.6 Å². The van der Waals surface area contributed by atoms with E-state index in [1.54, 1.807) is 18.3 Å². The molecule has 0 spiro atoms. The van der Waals surface area contributed by atoms with E-state index in [9.17, 15) is 15.0 Å². The third-order valence-corrected chi connectivity index (χ3v) is 5.25. The van der Waals surface area contributed by atoms with E-state index in [0.29, 0.717) is 14.9 Å². The Morgan fingerprint density at radius 2 is 1.54 bits per heavy atom. The summed E-state index contributed by atoms with van der Waals surface area (Å²) < 4.78 is 0.672. The van der Waals surface area contributed by atoms with Gasteiger partial charge in [-0.2, -0.15) is 5.10 Å². The van der Waals surface area contributed by atoms with Crippen LogP contribution in [0, 0.1) is 3.57 Å². The number of nitrogens with one attached hydrogen (secondary N) is 1. The third-order valence-electron chi connectivity index (χ3n) is 4.34. The molecule has 2 aromatic rings. The number of amides is 1. The zero-order valence-corrected chi connectivity index (χ0v) is 19.2. The van der Waals surface area contributed by atoms with Crippen molar-refractivity contribution in [2.75, 3.05) is 0 Å². The number of halogens is 1. The standard InChI is InChI=1S/C22H27IN2O3/c1-21(2,3)15-9-13(10-16(19(15)27)22(4,5)6)12-24-25-20(28)14-7-8-17(23)18(26)11-14/h7-12,26-27H,1-6H3,(H,25,28). The molecule has 0 atom stereocenters. The lowest BCUT2D eigenvalue weighted by atomic mass is 9.78. The minimum absolute atomic E-state index is 0.0559. The zero-order chi connectivity index (χ0) is 21.3. The molecule has 0 saturated carbocycles. The first-order chi connectivity index (χ1) is 12.8. The molecule has 150 valence electrons. The van der Waals surface area contributed by atoms with Crippen LogP contribution in [-0.2, 0) is 10.8 Å². The molecule has 3 N–H and O–H groups in total. The second kappa shape index (κ2) is 8.11. The Bertz CT molecular complexity index is 887. The molecule has 0 radical (unpaired) electrons. The van der Waals surface area contributed by atoms with E-state index in [0.717, 1.165) is 16.7 Å². The molecule has 0 aliphatic carbocycles. The van der Waals surface area contributed by atoms with E-state index >= 15 is 0 Å². The van der Waals surface area contributed by atoms with Gasteiger partial charge in [0.2, 0.25) is 0 Å². The van der Waals surface area contributed by atoms with Gasteiger partial charge in [-0.05, 0) is 69.3 Å². The Balaban J connectivity index is 2.32.